The molecule has 0 amide bonds. The van der Waals surface area contributed by atoms with Crippen molar-refractivity contribution in [3.63, 3.8) is 0 Å². The predicted molar refractivity (Wildman–Crippen MR) is 138 cm³/mol. The lowest BCUT2D eigenvalue weighted by atomic mass is 10.0. The number of nitrogens with zero attached hydrogens (tertiary/aromatic N) is 4. The van der Waals surface area contributed by atoms with Gasteiger partial charge in [0, 0.05) is 43.3 Å². The van der Waals surface area contributed by atoms with Crippen molar-refractivity contribution in [2.45, 2.75) is 25.1 Å². The van der Waals surface area contributed by atoms with Crippen molar-refractivity contribution in [3.8, 4) is 0 Å². The van der Waals surface area contributed by atoms with Gasteiger partial charge in [0.15, 0.2) is 0 Å². The highest BCUT2D eigenvalue weighted by Gasteiger charge is 2.38. The number of aromatic nitrogens is 2. The molecule has 0 saturated carbocycles. The second-order valence-corrected chi connectivity index (χ2v) is 9.52. The molecule has 0 radical (unpaired) electrons. The number of likely N-dealkylation sites (N-methyl/N-ethyl adjacent to an activating group) is 1. The summed E-state index contributed by atoms with van der Waals surface area (Å²) in [4.78, 5) is 12.9. The molecule has 2 aliphatic heterocycles. The number of hydrogen-bond acceptors (Lipinski definition) is 6. The van der Waals surface area contributed by atoms with Crippen LogP contribution in [-0.2, 0) is 12.6 Å². The number of thiazole rings is 1. The normalized spacial score (nSPS) is 17.5. The second-order valence-electron chi connectivity index (χ2n) is 8.52. The van der Waals surface area contributed by atoms with Crippen LogP contribution < -0.4 is 15.9 Å². The van der Waals surface area contributed by atoms with Gasteiger partial charge in [0.1, 0.15) is 16.5 Å². The van der Waals surface area contributed by atoms with E-state index in [-0.39, 0.29) is 42.4 Å². The van der Waals surface area contributed by atoms with Crippen molar-refractivity contribution in [2.24, 2.45) is 0 Å². The first kappa shape index (κ1) is 28.2. The van der Waals surface area contributed by atoms with Crippen molar-refractivity contribution >= 4 is 53.0 Å². The Bertz CT molecular complexity index is 1330. The number of piperazine rings is 1. The van der Waals surface area contributed by atoms with Crippen LogP contribution in [0.2, 0.25) is 0 Å². The topological polar surface area (TPSA) is 44.3 Å². The molecule has 5 nitrogen and oxygen atoms in total. The Balaban J connectivity index is 0.00000180. The third-order valence-electron chi connectivity index (χ3n) is 6.26. The molecule has 0 bridgehead atoms. The minimum atomic E-state index is -4.52. The van der Waals surface area contributed by atoms with Crippen LogP contribution in [0.1, 0.15) is 22.7 Å². The lowest BCUT2D eigenvalue weighted by molar-refractivity contribution is -0.137. The van der Waals surface area contributed by atoms with E-state index in [0.29, 0.717) is 46.9 Å². The Labute approximate surface area is 222 Å². The average molecular weight is 562 g/mol. The molecule has 36 heavy (non-hydrogen) atoms. The first-order valence-electron chi connectivity index (χ1n) is 11.0. The van der Waals surface area contributed by atoms with Gasteiger partial charge in [-0.2, -0.15) is 13.2 Å². The van der Waals surface area contributed by atoms with Crippen LogP contribution in [0, 0.1) is 5.82 Å². The van der Waals surface area contributed by atoms with E-state index in [1.54, 1.807) is 30.6 Å². The van der Waals surface area contributed by atoms with E-state index in [9.17, 15) is 17.6 Å². The number of aryl methyl sites for hydroxylation is 1. The predicted octanol–water partition coefficient (Wildman–Crippen LogP) is 4.11. The first-order chi connectivity index (χ1) is 16.3. The summed E-state index contributed by atoms with van der Waals surface area (Å²) in [6.07, 6.45) is 0.309. The Morgan fingerprint density at radius 3 is 2.69 bits per heavy atom. The van der Waals surface area contributed by atoms with Gasteiger partial charge in [0.25, 0.3) is 0 Å². The number of benzene rings is 1. The molecule has 0 spiro atoms. The van der Waals surface area contributed by atoms with Crippen LogP contribution in [0.3, 0.4) is 0 Å². The van der Waals surface area contributed by atoms with E-state index in [2.05, 4.69) is 25.1 Å². The summed E-state index contributed by atoms with van der Waals surface area (Å²) < 4.78 is 54.0. The molecule has 2 aromatic heterocycles. The molecule has 1 N–H and O–H groups in total. The fourth-order valence-electron chi connectivity index (χ4n) is 4.47. The standard InChI is InChI=1S/C24H23F4N5S.2ClH/c1-32-10-11-33(14-18(32)8-7-15-4-2-6-17(25)12-15)21-19-16(5-3-9-29-19)13-30-22-20(21)31-23(34-22)24(26,27)28;;/h2-6,9,12-13,18,30H,7-8,10-11,14H2,1H3;2*1H. The van der Waals surface area contributed by atoms with E-state index in [1.807, 2.05) is 19.2 Å². The zero-order valence-electron chi connectivity index (χ0n) is 19.3. The molecule has 194 valence electrons. The SMILES string of the molecule is CN1CCN(C2=c3ncccc3=CNc3sc(C(F)(F)F)nc32)CC1CCc1cccc(F)c1.Cl.Cl. The molecular formula is C24H25Cl2F4N5S. The van der Waals surface area contributed by atoms with Gasteiger partial charge in [-0.1, -0.05) is 23.5 Å². The molecule has 1 saturated heterocycles. The van der Waals surface area contributed by atoms with Crippen LogP contribution in [0.4, 0.5) is 22.6 Å². The van der Waals surface area contributed by atoms with Gasteiger partial charge in [-0.15, -0.1) is 24.8 Å². The molecule has 4 heterocycles. The van der Waals surface area contributed by atoms with E-state index in [1.165, 1.54) is 6.07 Å². The molecule has 3 aromatic rings. The molecule has 1 aromatic carbocycles. The Morgan fingerprint density at radius 1 is 1.14 bits per heavy atom. The highest BCUT2D eigenvalue weighted by atomic mass is 35.5. The third kappa shape index (κ3) is 5.77. The van der Waals surface area contributed by atoms with Crippen molar-refractivity contribution < 1.29 is 17.6 Å². The van der Waals surface area contributed by atoms with Gasteiger partial charge in [-0.3, -0.25) is 9.88 Å². The third-order valence-corrected chi connectivity index (χ3v) is 7.30. The van der Waals surface area contributed by atoms with Gasteiger partial charge < -0.3 is 10.2 Å². The van der Waals surface area contributed by atoms with Crippen LogP contribution in [0.15, 0.2) is 42.6 Å². The van der Waals surface area contributed by atoms with Crippen LogP contribution in [0.5, 0.6) is 0 Å². The minimum absolute atomic E-state index is 0. The molecule has 1 atom stereocenters. The lowest BCUT2D eigenvalue weighted by Gasteiger charge is -2.41. The van der Waals surface area contributed by atoms with Crippen molar-refractivity contribution in [2.75, 3.05) is 32.0 Å². The fraction of sp³-hybridized carbons (Fsp3) is 0.333. The van der Waals surface area contributed by atoms with Crippen LogP contribution >= 0.6 is 36.2 Å². The minimum Gasteiger partial charge on any atom is -0.365 e. The van der Waals surface area contributed by atoms with Gasteiger partial charge in [-0.25, -0.2) is 9.37 Å². The van der Waals surface area contributed by atoms with E-state index < -0.39 is 11.2 Å². The molecular weight excluding hydrogens is 537 g/mol. The number of halogens is 6. The summed E-state index contributed by atoms with van der Waals surface area (Å²) in [5, 5.41) is 3.90. The number of fused-ring (bicyclic) bond motifs is 2. The second kappa shape index (κ2) is 11.3. The van der Waals surface area contributed by atoms with Gasteiger partial charge >= 0.3 is 6.18 Å². The average Bonchev–Trinajstić information content (AvgIpc) is 3.17. The van der Waals surface area contributed by atoms with E-state index in [4.69, 9.17) is 0 Å². The maximum absolute atomic E-state index is 13.6. The molecule has 12 heteroatoms. The van der Waals surface area contributed by atoms with Crippen LogP contribution in [-0.4, -0.2) is 52.5 Å². The summed E-state index contributed by atoms with van der Waals surface area (Å²) >= 11 is 0.604. The van der Waals surface area contributed by atoms with Crippen molar-refractivity contribution in [3.05, 3.63) is 75.2 Å². The summed E-state index contributed by atoms with van der Waals surface area (Å²) in [6, 6.07) is 10.4. The van der Waals surface area contributed by atoms with Gasteiger partial charge in [0.05, 0.1) is 11.0 Å². The highest BCUT2D eigenvalue weighted by molar-refractivity contribution is 7.16. The van der Waals surface area contributed by atoms with Crippen LogP contribution in [0.25, 0.3) is 11.9 Å². The first-order valence-corrected chi connectivity index (χ1v) is 11.8. The molecule has 0 aliphatic carbocycles. The Kier molecular flexibility index (Phi) is 8.87. The molecule has 1 unspecified atom stereocenters. The molecule has 2 aliphatic rings. The smallest absolute Gasteiger partial charge is 0.365 e. The van der Waals surface area contributed by atoms with Crippen molar-refractivity contribution in [1.29, 1.82) is 0 Å². The summed E-state index contributed by atoms with van der Waals surface area (Å²) in [5.41, 5.74) is 1.82. The lowest BCUT2D eigenvalue weighted by Crippen LogP contribution is -2.52. The van der Waals surface area contributed by atoms with Gasteiger partial charge in [-0.05, 0) is 49.7 Å². The summed E-state index contributed by atoms with van der Waals surface area (Å²) in [6.45, 7) is 1.98. The maximum Gasteiger partial charge on any atom is 0.443 e. The summed E-state index contributed by atoms with van der Waals surface area (Å²) in [7, 11) is 2.04. The zero-order chi connectivity index (χ0) is 23.9. The number of alkyl halides is 3. The quantitative estimate of drug-likeness (QED) is 0.486. The van der Waals surface area contributed by atoms with E-state index >= 15 is 0 Å². The number of hydrogen-bond donors (Lipinski definition) is 1. The summed E-state index contributed by atoms with van der Waals surface area (Å²) in [5.74, 6) is -0.256. The maximum atomic E-state index is 13.6. The largest absolute Gasteiger partial charge is 0.443 e. The number of anilines is 1. The van der Waals surface area contributed by atoms with Crippen molar-refractivity contribution in [1.82, 2.24) is 19.8 Å². The Hall–Kier alpha value is -2.40. The fourth-order valence-corrected chi connectivity index (χ4v) is 5.28. The highest BCUT2D eigenvalue weighted by Crippen LogP contribution is 2.40. The Morgan fingerprint density at radius 2 is 1.94 bits per heavy atom. The van der Waals surface area contributed by atoms with E-state index in [0.717, 1.165) is 23.7 Å². The number of pyridine rings is 1. The molecule has 5 rings (SSSR count). The monoisotopic (exact) mass is 561 g/mol. The zero-order valence-corrected chi connectivity index (χ0v) is 21.7. The number of rotatable bonds is 4. The number of nitrogens with one attached hydrogen (secondary N) is 1. The van der Waals surface area contributed by atoms with Gasteiger partial charge in [0.2, 0.25) is 5.01 Å². The molecule has 1 fully saturated rings.